The SMILES string of the molecule is Cl.NC(Cc1ccccc1C(=O)C(O)CCCC(O)(O)O)C(=O)OC(c1ccccc1)c1ccccc1. The molecule has 0 aliphatic heterocycles. The maximum absolute atomic E-state index is 13.0. The Hall–Kier alpha value is -3.11. The second kappa shape index (κ2) is 14.0. The lowest BCUT2D eigenvalue weighted by Crippen LogP contribution is -2.36. The molecule has 0 fully saturated rings. The number of carbonyl (C=O) groups excluding carboxylic acids is 2. The minimum atomic E-state index is -2.86. The molecule has 2 atom stereocenters. The molecule has 0 spiro atoms. The Bertz CT molecular complexity index is 1100. The van der Waals surface area contributed by atoms with E-state index in [0.29, 0.717) is 5.56 Å². The highest BCUT2D eigenvalue weighted by atomic mass is 35.5. The number of nitrogens with two attached hydrogens (primary N) is 1. The zero-order valence-corrected chi connectivity index (χ0v) is 21.0. The van der Waals surface area contributed by atoms with Crippen molar-refractivity contribution >= 4 is 24.2 Å². The van der Waals surface area contributed by atoms with Gasteiger partial charge in [0.15, 0.2) is 11.9 Å². The first-order valence-corrected chi connectivity index (χ1v) is 11.7. The van der Waals surface area contributed by atoms with Gasteiger partial charge in [0, 0.05) is 12.0 Å². The predicted octanol–water partition coefficient (Wildman–Crippen LogP) is 2.66. The lowest BCUT2D eigenvalue weighted by molar-refractivity contribution is -0.315. The standard InChI is InChI=1S/C28H31NO7.ClH/c29-23(27(32)36-26(19-10-3-1-4-11-19)20-12-5-2-6-13-20)18-21-14-7-8-15-22(21)25(31)24(30)16-9-17-28(33,34)35;/h1-8,10-15,23-24,26,30,33-35H,9,16-18,29H2;1H. The number of ketones is 1. The van der Waals surface area contributed by atoms with Crippen molar-refractivity contribution < 1.29 is 34.8 Å². The summed E-state index contributed by atoms with van der Waals surface area (Å²) in [6.07, 6.45) is -2.56. The molecule has 0 bridgehead atoms. The molecular weight excluding hydrogens is 498 g/mol. The van der Waals surface area contributed by atoms with Crippen molar-refractivity contribution in [1.82, 2.24) is 0 Å². The third kappa shape index (κ3) is 9.05. The van der Waals surface area contributed by atoms with E-state index in [4.69, 9.17) is 25.8 Å². The topological polar surface area (TPSA) is 150 Å². The van der Waals surface area contributed by atoms with Crippen molar-refractivity contribution in [2.24, 2.45) is 5.73 Å². The van der Waals surface area contributed by atoms with Crippen molar-refractivity contribution in [3.05, 3.63) is 107 Å². The Kier molecular flexibility index (Phi) is 11.4. The molecule has 0 amide bonds. The van der Waals surface area contributed by atoms with Gasteiger partial charge in [0.1, 0.15) is 12.1 Å². The number of esters is 1. The van der Waals surface area contributed by atoms with Crippen LogP contribution in [0.2, 0.25) is 0 Å². The van der Waals surface area contributed by atoms with Gasteiger partial charge < -0.3 is 30.9 Å². The first-order valence-electron chi connectivity index (χ1n) is 11.7. The molecule has 2 unspecified atom stereocenters. The van der Waals surface area contributed by atoms with E-state index in [0.717, 1.165) is 11.1 Å². The molecule has 0 saturated carbocycles. The third-order valence-corrected chi connectivity index (χ3v) is 5.76. The molecule has 8 nitrogen and oxygen atoms in total. The highest BCUT2D eigenvalue weighted by molar-refractivity contribution is 6.00. The number of hydrogen-bond donors (Lipinski definition) is 5. The van der Waals surface area contributed by atoms with Crippen LogP contribution in [0.3, 0.4) is 0 Å². The summed E-state index contributed by atoms with van der Waals surface area (Å²) in [5.41, 5.74) is 8.46. The summed E-state index contributed by atoms with van der Waals surface area (Å²) in [4.78, 5) is 25.8. The number of halogens is 1. The van der Waals surface area contributed by atoms with Gasteiger partial charge in [-0.15, -0.1) is 12.4 Å². The monoisotopic (exact) mass is 529 g/mol. The molecule has 198 valence electrons. The van der Waals surface area contributed by atoms with Crippen LogP contribution in [0, 0.1) is 0 Å². The first-order chi connectivity index (χ1) is 17.2. The number of benzene rings is 3. The van der Waals surface area contributed by atoms with Gasteiger partial charge in [-0.25, -0.2) is 0 Å². The third-order valence-electron chi connectivity index (χ3n) is 5.76. The average molecular weight is 530 g/mol. The number of aliphatic hydroxyl groups excluding tert-OH is 1. The second-order valence-electron chi connectivity index (χ2n) is 8.65. The van der Waals surface area contributed by atoms with Gasteiger partial charge in [0.25, 0.3) is 5.97 Å². The minimum absolute atomic E-state index is 0. The Morgan fingerprint density at radius 1 is 0.838 bits per heavy atom. The molecule has 3 rings (SSSR count). The zero-order valence-electron chi connectivity index (χ0n) is 20.1. The Balaban J connectivity index is 0.00000481. The second-order valence-corrected chi connectivity index (χ2v) is 8.65. The van der Waals surface area contributed by atoms with E-state index in [-0.39, 0.29) is 37.2 Å². The van der Waals surface area contributed by atoms with Crippen molar-refractivity contribution in [3.63, 3.8) is 0 Å². The maximum Gasteiger partial charge on any atom is 0.324 e. The molecule has 0 aliphatic rings. The van der Waals surface area contributed by atoms with Crippen molar-refractivity contribution in [2.75, 3.05) is 0 Å². The van der Waals surface area contributed by atoms with Gasteiger partial charge in [-0.05, 0) is 36.0 Å². The Morgan fingerprint density at radius 3 is 1.89 bits per heavy atom. The summed E-state index contributed by atoms with van der Waals surface area (Å²) in [5, 5.41) is 37.2. The number of ether oxygens (including phenoxy) is 1. The quantitative estimate of drug-likeness (QED) is 0.136. The number of Topliss-reactive ketones (excluding diaryl/α,β-unsaturated/α-hetero) is 1. The van der Waals surface area contributed by atoms with Crippen LogP contribution in [0.5, 0.6) is 0 Å². The fraction of sp³-hybridized carbons (Fsp3) is 0.286. The molecule has 0 aromatic heterocycles. The van der Waals surface area contributed by atoms with Crippen LogP contribution in [-0.4, -0.2) is 50.3 Å². The van der Waals surface area contributed by atoms with Crippen LogP contribution < -0.4 is 5.73 Å². The molecule has 6 N–H and O–H groups in total. The zero-order chi connectivity index (χ0) is 26.1. The van der Waals surface area contributed by atoms with Gasteiger partial charge >= 0.3 is 5.97 Å². The van der Waals surface area contributed by atoms with Crippen molar-refractivity contribution in [1.29, 1.82) is 0 Å². The molecular formula is C28H32ClNO7. The van der Waals surface area contributed by atoms with Gasteiger partial charge in [-0.2, -0.15) is 0 Å². The van der Waals surface area contributed by atoms with Gasteiger partial charge in [0.2, 0.25) is 0 Å². The van der Waals surface area contributed by atoms with E-state index < -0.39 is 42.4 Å². The molecule has 0 saturated heterocycles. The van der Waals surface area contributed by atoms with Crippen LogP contribution in [0.1, 0.15) is 52.4 Å². The van der Waals surface area contributed by atoms with Crippen molar-refractivity contribution in [2.45, 2.75) is 49.9 Å². The number of rotatable bonds is 12. The smallest absolute Gasteiger partial charge is 0.324 e. The number of carbonyl (C=O) groups is 2. The summed E-state index contributed by atoms with van der Waals surface area (Å²) in [7, 11) is 0. The summed E-state index contributed by atoms with van der Waals surface area (Å²) in [6, 6.07) is 24.1. The molecule has 9 heteroatoms. The molecule has 0 aliphatic carbocycles. The lowest BCUT2D eigenvalue weighted by atomic mass is 9.94. The minimum Gasteiger partial charge on any atom is -0.451 e. The Morgan fingerprint density at radius 2 is 1.35 bits per heavy atom. The summed E-state index contributed by atoms with van der Waals surface area (Å²) in [5.74, 6) is -4.08. The van der Waals surface area contributed by atoms with E-state index in [1.807, 2.05) is 60.7 Å². The number of aliphatic hydroxyl groups is 4. The fourth-order valence-electron chi connectivity index (χ4n) is 3.89. The van der Waals surface area contributed by atoms with E-state index in [1.54, 1.807) is 18.2 Å². The molecule has 0 heterocycles. The summed E-state index contributed by atoms with van der Waals surface area (Å²) in [6.45, 7) is 0. The average Bonchev–Trinajstić information content (AvgIpc) is 2.87. The highest BCUT2D eigenvalue weighted by Gasteiger charge is 2.27. The predicted molar refractivity (Wildman–Crippen MR) is 140 cm³/mol. The summed E-state index contributed by atoms with van der Waals surface area (Å²) >= 11 is 0. The molecule has 3 aromatic carbocycles. The Labute approximate surface area is 221 Å². The molecule has 37 heavy (non-hydrogen) atoms. The van der Waals surface area contributed by atoms with Crippen molar-refractivity contribution in [3.8, 4) is 0 Å². The summed E-state index contributed by atoms with van der Waals surface area (Å²) < 4.78 is 5.82. The van der Waals surface area contributed by atoms with E-state index >= 15 is 0 Å². The van der Waals surface area contributed by atoms with Gasteiger partial charge in [0.05, 0.1) is 0 Å². The van der Waals surface area contributed by atoms with E-state index in [9.17, 15) is 14.7 Å². The maximum atomic E-state index is 13.0. The van der Waals surface area contributed by atoms with E-state index in [1.165, 1.54) is 6.07 Å². The molecule has 3 aromatic rings. The largest absolute Gasteiger partial charge is 0.451 e. The van der Waals surface area contributed by atoms with Crippen LogP contribution in [0.25, 0.3) is 0 Å². The highest BCUT2D eigenvalue weighted by Crippen LogP contribution is 2.27. The van der Waals surface area contributed by atoms with Crippen LogP contribution >= 0.6 is 12.4 Å². The fourth-order valence-corrected chi connectivity index (χ4v) is 3.89. The van der Waals surface area contributed by atoms with Crippen LogP contribution in [0.4, 0.5) is 0 Å². The lowest BCUT2D eigenvalue weighted by Gasteiger charge is -2.22. The first kappa shape index (κ1) is 30.1. The van der Waals surface area contributed by atoms with Gasteiger partial charge in [-0.3, -0.25) is 9.59 Å². The molecule has 0 radical (unpaired) electrons. The van der Waals surface area contributed by atoms with Crippen LogP contribution in [0.15, 0.2) is 84.9 Å². The number of hydrogen-bond acceptors (Lipinski definition) is 8. The normalized spacial score (nSPS) is 12.9. The van der Waals surface area contributed by atoms with Crippen LogP contribution in [-0.2, 0) is 16.0 Å². The van der Waals surface area contributed by atoms with Gasteiger partial charge in [-0.1, -0.05) is 84.9 Å². The van der Waals surface area contributed by atoms with E-state index in [2.05, 4.69) is 0 Å².